The van der Waals surface area contributed by atoms with Crippen molar-refractivity contribution in [3.63, 3.8) is 0 Å². The standard InChI is InChI=1S/C11H18N5O2P/c12-7-1-3-8(4-2-7)15-9-5-6-16(14)10(17)11(9,13)19-18/h1-4,9,15H,5-6,12-14,19H2/t9?,11-/m0/s1. The number of rotatable bonds is 3. The summed E-state index contributed by atoms with van der Waals surface area (Å²) in [6.45, 7) is 0.379. The van der Waals surface area contributed by atoms with E-state index in [0.29, 0.717) is 18.7 Å². The molecule has 2 rings (SSSR count). The first-order valence-corrected chi connectivity index (χ1v) is 6.96. The van der Waals surface area contributed by atoms with E-state index in [0.717, 1.165) is 10.7 Å². The smallest absolute Gasteiger partial charge is 0.265 e. The van der Waals surface area contributed by atoms with Gasteiger partial charge in [-0.2, -0.15) is 0 Å². The Hall–Kier alpha value is -1.56. The van der Waals surface area contributed by atoms with Crippen molar-refractivity contribution in [1.82, 2.24) is 5.01 Å². The van der Waals surface area contributed by atoms with Crippen LogP contribution in [-0.4, -0.2) is 28.8 Å². The first-order valence-electron chi connectivity index (χ1n) is 5.91. The predicted molar refractivity (Wildman–Crippen MR) is 76.1 cm³/mol. The first-order chi connectivity index (χ1) is 8.97. The molecule has 1 heterocycles. The number of piperidine rings is 1. The molecule has 7 nitrogen and oxygen atoms in total. The molecule has 0 bridgehead atoms. The minimum Gasteiger partial charge on any atom is -0.399 e. The Kier molecular flexibility index (Phi) is 3.80. The molecule has 1 aliphatic heterocycles. The maximum absolute atomic E-state index is 12.0. The Balaban J connectivity index is 2.21. The number of hydrazine groups is 1. The van der Waals surface area contributed by atoms with E-state index in [-0.39, 0.29) is 0 Å². The van der Waals surface area contributed by atoms with E-state index in [1.807, 2.05) is 0 Å². The van der Waals surface area contributed by atoms with Crippen LogP contribution in [0.1, 0.15) is 6.42 Å². The molecular weight excluding hydrogens is 265 g/mol. The SMILES string of the molecule is Nc1ccc(NC2CCN(N)C(=O)[C@@]2(N)[PH2]=O)cc1. The molecule has 1 amide bonds. The molecule has 8 heteroatoms. The molecule has 0 radical (unpaired) electrons. The average molecular weight is 283 g/mol. The number of nitrogens with one attached hydrogen (secondary N) is 1. The fourth-order valence-electron chi connectivity index (χ4n) is 2.11. The maximum Gasteiger partial charge on any atom is 0.265 e. The van der Waals surface area contributed by atoms with Crippen LogP contribution in [0.25, 0.3) is 0 Å². The molecule has 1 aliphatic rings. The van der Waals surface area contributed by atoms with Crippen LogP contribution in [0.5, 0.6) is 0 Å². The van der Waals surface area contributed by atoms with Gasteiger partial charge in [0, 0.05) is 17.9 Å². The molecule has 1 aromatic carbocycles. The predicted octanol–water partition coefficient (Wildman–Crippen LogP) is -0.433. The van der Waals surface area contributed by atoms with Gasteiger partial charge in [-0.3, -0.25) is 9.80 Å². The van der Waals surface area contributed by atoms with Crippen LogP contribution in [0.4, 0.5) is 11.4 Å². The van der Waals surface area contributed by atoms with Crippen molar-refractivity contribution in [2.24, 2.45) is 11.6 Å². The second-order valence-corrected chi connectivity index (χ2v) is 5.85. The monoisotopic (exact) mass is 283 g/mol. The second-order valence-electron chi connectivity index (χ2n) is 4.66. The topological polar surface area (TPSA) is 127 Å². The summed E-state index contributed by atoms with van der Waals surface area (Å²) in [5, 5.41) is 2.74. The third kappa shape index (κ3) is 2.58. The van der Waals surface area contributed by atoms with Crippen molar-refractivity contribution < 1.29 is 9.36 Å². The van der Waals surface area contributed by atoms with Gasteiger partial charge in [-0.05, 0) is 30.7 Å². The molecule has 1 aromatic rings. The Labute approximate surface area is 112 Å². The molecule has 0 aliphatic carbocycles. The lowest BCUT2D eigenvalue weighted by Crippen LogP contribution is -2.66. The fraction of sp³-hybridized carbons (Fsp3) is 0.364. The molecule has 104 valence electrons. The van der Waals surface area contributed by atoms with Crippen molar-refractivity contribution in [1.29, 1.82) is 0 Å². The van der Waals surface area contributed by atoms with Crippen molar-refractivity contribution in [2.75, 3.05) is 17.6 Å². The summed E-state index contributed by atoms with van der Waals surface area (Å²) < 4.78 is 11.4. The highest BCUT2D eigenvalue weighted by molar-refractivity contribution is 7.27. The minimum absolute atomic E-state index is 0.379. The summed E-state index contributed by atoms with van der Waals surface area (Å²) >= 11 is 0. The number of hydrogen-bond acceptors (Lipinski definition) is 6. The lowest BCUT2D eigenvalue weighted by atomic mass is 9.99. The number of carbonyl (C=O) groups is 1. The van der Waals surface area contributed by atoms with Gasteiger partial charge in [0.15, 0.2) is 5.28 Å². The zero-order chi connectivity index (χ0) is 14.0. The van der Waals surface area contributed by atoms with Crippen molar-refractivity contribution in [3.8, 4) is 0 Å². The minimum atomic E-state index is -1.49. The largest absolute Gasteiger partial charge is 0.399 e. The Morgan fingerprint density at radius 3 is 2.58 bits per heavy atom. The van der Waals surface area contributed by atoms with Crippen molar-refractivity contribution in [2.45, 2.75) is 17.7 Å². The van der Waals surface area contributed by atoms with Gasteiger partial charge in [-0.1, -0.05) is 0 Å². The van der Waals surface area contributed by atoms with Crippen molar-refractivity contribution in [3.05, 3.63) is 24.3 Å². The number of carbonyl (C=O) groups excluding carboxylic acids is 1. The first kappa shape index (κ1) is 13.9. The number of nitrogens with zero attached hydrogens (tertiary/aromatic N) is 1. The Morgan fingerprint density at radius 2 is 2.00 bits per heavy atom. The van der Waals surface area contributed by atoms with Gasteiger partial charge in [-0.25, -0.2) is 5.84 Å². The third-order valence-corrected chi connectivity index (χ3v) is 4.35. The molecule has 3 atom stereocenters. The molecule has 1 saturated heterocycles. The normalized spacial score (nSPS) is 28.0. The molecule has 2 unspecified atom stereocenters. The molecule has 7 N–H and O–H groups in total. The number of hydrogen-bond donors (Lipinski definition) is 4. The second kappa shape index (κ2) is 5.21. The number of nitrogen functional groups attached to an aromatic ring is 1. The van der Waals surface area contributed by atoms with Crippen LogP contribution in [0.3, 0.4) is 0 Å². The third-order valence-electron chi connectivity index (χ3n) is 3.31. The maximum atomic E-state index is 12.0. The summed E-state index contributed by atoms with van der Waals surface area (Å²) in [6.07, 6.45) is 0.540. The van der Waals surface area contributed by atoms with Gasteiger partial charge >= 0.3 is 0 Å². The zero-order valence-electron chi connectivity index (χ0n) is 10.4. The van der Waals surface area contributed by atoms with E-state index >= 15 is 0 Å². The molecule has 1 fully saturated rings. The number of benzene rings is 1. The van der Waals surface area contributed by atoms with Gasteiger partial charge in [-0.15, -0.1) is 0 Å². The Bertz CT molecular complexity index is 494. The van der Waals surface area contributed by atoms with Gasteiger partial charge in [0.05, 0.1) is 14.5 Å². The highest BCUT2D eigenvalue weighted by atomic mass is 31.1. The number of amides is 1. The van der Waals surface area contributed by atoms with Crippen LogP contribution in [0.15, 0.2) is 24.3 Å². The van der Waals surface area contributed by atoms with Crippen molar-refractivity contribution >= 4 is 25.7 Å². The van der Waals surface area contributed by atoms with E-state index < -0.39 is 25.7 Å². The molecule has 0 aromatic heterocycles. The van der Waals surface area contributed by atoms with E-state index in [1.54, 1.807) is 24.3 Å². The van der Waals surface area contributed by atoms with Gasteiger partial charge in [0.1, 0.15) is 0 Å². The molecule has 0 spiro atoms. The quantitative estimate of drug-likeness (QED) is 0.258. The zero-order valence-corrected chi connectivity index (χ0v) is 11.5. The summed E-state index contributed by atoms with van der Waals surface area (Å²) in [6, 6.07) is 6.65. The van der Waals surface area contributed by atoms with Crippen LogP contribution < -0.4 is 22.6 Å². The van der Waals surface area contributed by atoms with E-state index in [1.165, 1.54) is 0 Å². The summed E-state index contributed by atoms with van der Waals surface area (Å²) in [7, 11) is -1.49. The summed E-state index contributed by atoms with van der Waals surface area (Å²) in [5.41, 5.74) is 13.0. The summed E-state index contributed by atoms with van der Waals surface area (Å²) in [4.78, 5) is 12.0. The summed E-state index contributed by atoms with van der Waals surface area (Å²) in [5.74, 6) is 5.05. The van der Waals surface area contributed by atoms with Crippen LogP contribution in [0.2, 0.25) is 0 Å². The Morgan fingerprint density at radius 1 is 1.37 bits per heavy atom. The van der Waals surface area contributed by atoms with Crippen LogP contribution in [0, 0.1) is 0 Å². The number of nitrogens with two attached hydrogens (primary N) is 3. The number of anilines is 2. The lowest BCUT2D eigenvalue weighted by Gasteiger charge is -2.40. The van der Waals surface area contributed by atoms with E-state index in [9.17, 15) is 9.36 Å². The lowest BCUT2D eigenvalue weighted by molar-refractivity contribution is -0.137. The highest BCUT2D eigenvalue weighted by Gasteiger charge is 2.47. The van der Waals surface area contributed by atoms with Gasteiger partial charge < -0.3 is 21.3 Å². The average Bonchev–Trinajstić information content (AvgIpc) is 2.42. The highest BCUT2D eigenvalue weighted by Crippen LogP contribution is 2.31. The van der Waals surface area contributed by atoms with Gasteiger partial charge in [0.25, 0.3) is 5.91 Å². The molecule has 19 heavy (non-hydrogen) atoms. The van der Waals surface area contributed by atoms with Gasteiger partial charge in [0.2, 0.25) is 0 Å². The molecule has 0 saturated carbocycles. The van der Waals surface area contributed by atoms with E-state index in [4.69, 9.17) is 17.3 Å². The van der Waals surface area contributed by atoms with Crippen LogP contribution >= 0.6 is 8.46 Å². The van der Waals surface area contributed by atoms with Crippen LogP contribution in [-0.2, 0) is 9.36 Å². The fourth-order valence-corrected chi connectivity index (χ4v) is 2.79. The van der Waals surface area contributed by atoms with E-state index in [2.05, 4.69) is 5.32 Å². The molecular formula is C11H18N5O2P.